The number of amides is 2. The lowest BCUT2D eigenvalue weighted by Gasteiger charge is -2.22. The van der Waals surface area contributed by atoms with Gasteiger partial charge in [-0.3, -0.25) is 9.59 Å². The summed E-state index contributed by atoms with van der Waals surface area (Å²) in [4.78, 5) is 25.9. The smallest absolute Gasteiger partial charge is 0.255 e. The number of anilines is 1. The van der Waals surface area contributed by atoms with Crippen LogP contribution in [0.15, 0.2) is 48.5 Å². The zero-order valence-electron chi connectivity index (χ0n) is 15.3. The van der Waals surface area contributed by atoms with Crippen LogP contribution in [-0.2, 0) is 4.79 Å². The molecule has 6 nitrogen and oxygen atoms in total. The topological polar surface area (TPSA) is 67.9 Å². The standard InChI is InChI=1S/C20H24N2O4/c1-4-26-17-11-9-16(10-12-17)22(15(2)23)14-13-21-20(24)18-7-5-6-8-19(18)25-3/h5-12H,4,13-14H2,1-3H3,(H,21,24). The fourth-order valence-corrected chi connectivity index (χ4v) is 2.57. The summed E-state index contributed by atoms with van der Waals surface area (Å²) >= 11 is 0. The van der Waals surface area contributed by atoms with E-state index in [9.17, 15) is 9.59 Å². The van der Waals surface area contributed by atoms with Crippen LogP contribution in [0.3, 0.4) is 0 Å². The minimum absolute atomic E-state index is 0.0966. The second-order valence-corrected chi connectivity index (χ2v) is 5.55. The number of hydrogen-bond acceptors (Lipinski definition) is 4. The molecule has 138 valence electrons. The molecule has 0 aliphatic rings. The highest BCUT2D eigenvalue weighted by Gasteiger charge is 2.14. The molecule has 0 unspecified atom stereocenters. The van der Waals surface area contributed by atoms with Crippen molar-refractivity contribution in [3.63, 3.8) is 0 Å². The highest BCUT2D eigenvalue weighted by atomic mass is 16.5. The van der Waals surface area contributed by atoms with Crippen LogP contribution >= 0.6 is 0 Å². The fraction of sp³-hybridized carbons (Fsp3) is 0.300. The summed E-state index contributed by atoms with van der Waals surface area (Å²) in [6, 6.07) is 14.3. The Morgan fingerprint density at radius 2 is 1.77 bits per heavy atom. The molecule has 0 aliphatic carbocycles. The lowest BCUT2D eigenvalue weighted by molar-refractivity contribution is -0.116. The molecule has 0 heterocycles. The van der Waals surface area contributed by atoms with Crippen LogP contribution in [0.4, 0.5) is 5.69 Å². The minimum Gasteiger partial charge on any atom is -0.496 e. The monoisotopic (exact) mass is 356 g/mol. The first-order valence-electron chi connectivity index (χ1n) is 8.49. The van der Waals surface area contributed by atoms with Gasteiger partial charge in [0, 0.05) is 25.7 Å². The Morgan fingerprint density at radius 3 is 2.38 bits per heavy atom. The molecule has 26 heavy (non-hydrogen) atoms. The van der Waals surface area contributed by atoms with Crippen LogP contribution in [0.2, 0.25) is 0 Å². The first-order chi connectivity index (χ1) is 12.6. The molecule has 0 atom stereocenters. The van der Waals surface area contributed by atoms with E-state index in [0.717, 1.165) is 11.4 Å². The third-order valence-corrected chi connectivity index (χ3v) is 3.81. The third-order valence-electron chi connectivity index (χ3n) is 3.81. The van der Waals surface area contributed by atoms with Crippen LogP contribution < -0.4 is 19.7 Å². The van der Waals surface area contributed by atoms with Crippen molar-refractivity contribution < 1.29 is 19.1 Å². The molecule has 2 aromatic rings. The zero-order valence-corrected chi connectivity index (χ0v) is 15.3. The molecule has 0 saturated carbocycles. The Morgan fingerprint density at radius 1 is 1.08 bits per heavy atom. The molecular weight excluding hydrogens is 332 g/mol. The number of ether oxygens (including phenoxy) is 2. The number of rotatable bonds is 8. The van der Waals surface area contributed by atoms with Gasteiger partial charge in [-0.2, -0.15) is 0 Å². The molecule has 0 radical (unpaired) electrons. The molecule has 2 aromatic carbocycles. The SMILES string of the molecule is CCOc1ccc(N(CCNC(=O)c2ccccc2OC)C(C)=O)cc1. The maximum absolute atomic E-state index is 12.3. The second-order valence-electron chi connectivity index (χ2n) is 5.55. The maximum atomic E-state index is 12.3. The average molecular weight is 356 g/mol. The van der Waals surface area contributed by atoms with Gasteiger partial charge in [-0.05, 0) is 43.3 Å². The van der Waals surface area contributed by atoms with Crippen molar-refractivity contribution in [3.8, 4) is 11.5 Å². The molecule has 1 N–H and O–H groups in total. The Hall–Kier alpha value is -3.02. The zero-order chi connectivity index (χ0) is 18.9. The number of nitrogens with one attached hydrogen (secondary N) is 1. The molecule has 6 heteroatoms. The quantitative estimate of drug-likeness (QED) is 0.790. The van der Waals surface area contributed by atoms with Gasteiger partial charge in [0.1, 0.15) is 11.5 Å². The van der Waals surface area contributed by atoms with Crippen molar-refractivity contribution in [2.75, 3.05) is 31.7 Å². The summed E-state index contributed by atoms with van der Waals surface area (Å²) in [7, 11) is 1.52. The predicted molar refractivity (Wildman–Crippen MR) is 101 cm³/mol. The van der Waals surface area contributed by atoms with Gasteiger partial charge < -0.3 is 19.7 Å². The van der Waals surface area contributed by atoms with Crippen LogP contribution in [0.1, 0.15) is 24.2 Å². The van der Waals surface area contributed by atoms with Crippen molar-refractivity contribution in [2.24, 2.45) is 0 Å². The highest BCUT2D eigenvalue weighted by Crippen LogP contribution is 2.20. The van der Waals surface area contributed by atoms with Crippen molar-refractivity contribution >= 4 is 17.5 Å². The molecule has 2 amide bonds. The lowest BCUT2D eigenvalue weighted by Crippen LogP contribution is -2.37. The second kappa shape index (κ2) is 9.46. The number of para-hydroxylation sites is 1. The summed E-state index contributed by atoms with van der Waals surface area (Å²) in [5.41, 5.74) is 1.22. The van der Waals surface area contributed by atoms with Crippen molar-refractivity contribution in [3.05, 3.63) is 54.1 Å². The summed E-state index contributed by atoms with van der Waals surface area (Å²) in [6.45, 7) is 4.69. The number of hydrogen-bond donors (Lipinski definition) is 1. The normalized spacial score (nSPS) is 10.1. The van der Waals surface area contributed by atoms with Gasteiger partial charge in [0.25, 0.3) is 5.91 Å². The first kappa shape index (κ1) is 19.3. The Bertz CT molecular complexity index is 744. The van der Waals surface area contributed by atoms with Crippen LogP contribution in [-0.4, -0.2) is 38.6 Å². The molecule has 0 fully saturated rings. The summed E-state index contributed by atoms with van der Waals surface area (Å²) in [5.74, 6) is 0.933. The van der Waals surface area contributed by atoms with E-state index in [1.807, 2.05) is 31.2 Å². The summed E-state index contributed by atoms with van der Waals surface area (Å²) in [5, 5.41) is 2.82. The Labute approximate surface area is 153 Å². The Balaban J connectivity index is 1.98. The molecule has 2 rings (SSSR count). The Kier molecular flexibility index (Phi) is 7.02. The van der Waals surface area contributed by atoms with E-state index >= 15 is 0 Å². The van der Waals surface area contributed by atoms with Crippen molar-refractivity contribution in [1.29, 1.82) is 0 Å². The predicted octanol–water partition coefficient (Wildman–Crippen LogP) is 2.88. The molecule has 0 saturated heterocycles. The molecule has 0 spiro atoms. The van der Waals surface area contributed by atoms with Gasteiger partial charge in [0.15, 0.2) is 0 Å². The number of carbonyl (C=O) groups is 2. The number of carbonyl (C=O) groups excluding carboxylic acids is 2. The van der Waals surface area contributed by atoms with Crippen LogP contribution in [0.25, 0.3) is 0 Å². The van der Waals surface area contributed by atoms with Crippen molar-refractivity contribution in [2.45, 2.75) is 13.8 Å². The van der Waals surface area contributed by atoms with Gasteiger partial charge in [-0.15, -0.1) is 0 Å². The molecule has 0 aromatic heterocycles. The van der Waals surface area contributed by atoms with Gasteiger partial charge in [-0.1, -0.05) is 12.1 Å². The van der Waals surface area contributed by atoms with E-state index in [2.05, 4.69) is 5.32 Å². The van der Waals surface area contributed by atoms with E-state index in [1.165, 1.54) is 14.0 Å². The van der Waals surface area contributed by atoms with Gasteiger partial charge in [0.05, 0.1) is 19.3 Å². The number of nitrogens with zero attached hydrogens (tertiary/aromatic N) is 1. The summed E-state index contributed by atoms with van der Waals surface area (Å²) < 4.78 is 10.6. The van der Waals surface area contributed by atoms with E-state index < -0.39 is 0 Å². The van der Waals surface area contributed by atoms with Crippen LogP contribution in [0, 0.1) is 0 Å². The number of benzene rings is 2. The van der Waals surface area contributed by atoms with E-state index in [0.29, 0.717) is 31.0 Å². The third kappa shape index (κ3) is 4.99. The largest absolute Gasteiger partial charge is 0.496 e. The fourth-order valence-electron chi connectivity index (χ4n) is 2.57. The molecular formula is C20H24N2O4. The first-order valence-corrected chi connectivity index (χ1v) is 8.49. The maximum Gasteiger partial charge on any atom is 0.255 e. The van der Waals surface area contributed by atoms with Gasteiger partial charge in [0.2, 0.25) is 5.91 Å². The van der Waals surface area contributed by atoms with Gasteiger partial charge >= 0.3 is 0 Å². The molecule has 0 aliphatic heterocycles. The molecule has 0 bridgehead atoms. The van der Waals surface area contributed by atoms with E-state index in [4.69, 9.17) is 9.47 Å². The van der Waals surface area contributed by atoms with Crippen molar-refractivity contribution in [1.82, 2.24) is 5.32 Å². The minimum atomic E-state index is -0.238. The van der Waals surface area contributed by atoms with E-state index in [-0.39, 0.29) is 11.8 Å². The van der Waals surface area contributed by atoms with E-state index in [1.54, 1.807) is 29.2 Å². The average Bonchev–Trinajstić information content (AvgIpc) is 2.66. The summed E-state index contributed by atoms with van der Waals surface area (Å²) in [6.07, 6.45) is 0. The highest BCUT2D eigenvalue weighted by molar-refractivity contribution is 5.97. The van der Waals surface area contributed by atoms with Gasteiger partial charge in [-0.25, -0.2) is 0 Å². The van der Waals surface area contributed by atoms with Crippen LogP contribution in [0.5, 0.6) is 11.5 Å². The lowest BCUT2D eigenvalue weighted by atomic mass is 10.2. The number of methoxy groups -OCH3 is 1.